The van der Waals surface area contributed by atoms with Gasteiger partial charge in [0, 0.05) is 79.4 Å². The molecule has 0 saturated heterocycles. The van der Waals surface area contributed by atoms with Crippen LogP contribution in [0.2, 0.25) is 5.02 Å². The summed E-state index contributed by atoms with van der Waals surface area (Å²) in [6.45, 7) is 1.77. The summed E-state index contributed by atoms with van der Waals surface area (Å²) in [7, 11) is 3.73. The Morgan fingerprint density at radius 1 is 1.17 bits per heavy atom. The number of hydrogen-bond donors (Lipinski definition) is 1. The van der Waals surface area contributed by atoms with Gasteiger partial charge in [0.05, 0.1) is 5.02 Å². The van der Waals surface area contributed by atoms with E-state index in [0.717, 1.165) is 41.2 Å². The Kier molecular flexibility index (Phi) is 8.65. The Hall–Kier alpha value is -4.15. The highest BCUT2D eigenvalue weighted by molar-refractivity contribution is 6.30. The van der Waals surface area contributed by atoms with Gasteiger partial charge >= 0.3 is 0 Å². The molecule has 1 atom stereocenters. The molecule has 5 rings (SSSR count). The molecular formula is C31H32ClFN6O3. The molecule has 2 heterocycles. The number of nitrogens with one attached hydrogen (secondary N) is 1. The monoisotopic (exact) mass is 590 g/mol. The van der Waals surface area contributed by atoms with E-state index < -0.39 is 11.9 Å². The van der Waals surface area contributed by atoms with Crippen LogP contribution in [-0.2, 0) is 22.7 Å². The molecule has 1 aliphatic rings. The van der Waals surface area contributed by atoms with Crippen molar-refractivity contribution >= 4 is 46.4 Å². The van der Waals surface area contributed by atoms with Gasteiger partial charge in [0.15, 0.2) is 5.78 Å². The quantitative estimate of drug-likeness (QED) is 0.191. The lowest BCUT2D eigenvalue weighted by atomic mass is 10.0. The highest BCUT2D eigenvalue weighted by Crippen LogP contribution is 2.31. The molecular weight excluding hydrogens is 559 g/mol. The first-order valence-electron chi connectivity index (χ1n) is 13.7. The summed E-state index contributed by atoms with van der Waals surface area (Å²) in [6.07, 6.45) is 7.52. The maximum atomic E-state index is 14.3. The molecule has 0 bridgehead atoms. The van der Waals surface area contributed by atoms with Crippen molar-refractivity contribution in [1.29, 1.82) is 0 Å². The second kappa shape index (κ2) is 12.4. The summed E-state index contributed by atoms with van der Waals surface area (Å²) in [5.41, 5.74) is 3.25. The largest absolute Gasteiger partial charge is 0.347 e. The summed E-state index contributed by atoms with van der Waals surface area (Å²) >= 11 is 5.88. The molecule has 2 aromatic heterocycles. The Morgan fingerprint density at radius 2 is 1.90 bits per heavy atom. The third-order valence-electron chi connectivity index (χ3n) is 7.38. The molecule has 1 aliphatic carbocycles. The maximum Gasteiger partial charge on any atom is 0.243 e. The van der Waals surface area contributed by atoms with Gasteiger partial charge < -0.3 is 24.5 Å². The molecule has 218 valence electrons. The van der Waals surface area contributed by atoms with Gasteiger partial charge in [-0.2, -0.15) is 0 Å². The molecule has 1 amide bonds. The van der Waals surface area contributed by atoms with E-state index in [1.54, 1.807) is 40.2 Å². The van der Waals surface area contributed by atoms with E-state index >= 15 is 0 Å². The number of carbonyl (C=O) groups excluding carboxylic acids is 3. The molecule has 2 aromatic carbocycles. The first kappa shape index (κ1) is 29.3. The minimum absolute atomic E-state index is 0.0289. The zero-order valence-electron chi connectivity index (χ0n) is 23.7. The van der Waals surface area contributed by atoms with Crippen LogP contribution in [0, 0.1) is 5.82 Å². The van der Waals surface area contributed by atoms with Gasteiger partial charge in [0.1, 0.15) is 24.7 Å². The Labute approximate surface area is 248 Å². The van der Waals surface area contributed by atoms with Crippen LogP contribution in [0.4, 0.5) is 10.3 Å². The Morgan fingerprint density at radius 3 is 2.55 bits per heavy atom. The van der Waals surface area contributed by atoms with Gasteiger partial charge in [-0.3, -0.25) is 9.59 Å². The fraction of sp³-hybridized carbons (Fsp3) is 0.323. The number of hydrogen-bond acceptors (Lipinski definition) is 7. The van der Waals surface area contributed by atoms with Gasteiger partial charge in [0.2, 0.25) is 11.9 Å². The average Bonchev–Trinajstić information content (AvgIpc) is 3.75. The number of Topliss-reactive ketones (excluding diaryl/α,β-unsaturated/α-hetero) is 1. The average molecular weight is 591 g/mol. The number of fused-ring (bicyclic) bond motifs is 1. The van der Waals surface area contributed by atoms with E-state index in [-0.39, 0.29) is 42.4 Å². The van der Waals surface area contributed by atoms with E-state index in [1.165, 1.54) is 13.0 Å². The minimum Gasteiger partial charge on any atom is -0.347 e. The lowest BCUT2D eigenvalue weighted by Crippen LogP contribution is -2.49. The topological polar surface area (TPSA) is 100 Å². The van der Waals surface area contributed by atoms with Gasteiger partial charge in [-0.05, 0) is 37.5 Å². The van der Waals surface area contributed by atoms with Crippen molar-refractivity contribution in [2.24, 2.45) is 0 Å². The summed E-state index contributed by atoms with van der Waals surface area (Å²) in [4.78, 5) is 50.6. The van der Waals surface area contributed by atoms with Crippen LogP contribution in [-0.4, -0.2) is 70.1 Å². The highest BCUT2D eigenvalue weighted by atomic mass is 35.5. The van der Waals surface area contributed by atoms with E-state index in [1.807, 2.05) is 37.2 Å². The summed E-state index contributed by atoms with van der Waals surface area (Å²) in [5, 5.41) is 3.86. The van der Waals surface area contributed by atoms with Gasteiger partial charge in [-0.15, -0.1) is 0 Å². The minimum atomic E-state index is -0.732. The van der Waals surface area contributed by atoms with E-state index in [0.29, 0.717) is 17.1 Å². The smallest absolute Gasteiger partial charge is 0.243 e. The number of carbonyl (C=O) groups is 3. The van der Waals surface area contributed by atoms with Crippen molar-refractivity contribution in [3.63, 3.8) is 0 Å². The van der Waals surface area contributed by atoms with Crippen molar-refractivity contribution < 1.29 is 18.8 Å². The summed E-state index contributed by atoms with van der Waals surface area (Å²) < 4.78 is 16.1. The van der Waals surface area contributed by atoms with E-state index in [4.69, 9.17) is 11.6 Å². The number of nitrogens with zero attached hydrogens (tertiary/aromatic N) is 5. The molecule has 0 aliphatic heterocycles. The van der Waals surface area contributed by atoms with Gasteiger partial charge in [-0.25, -0.2) is 14.4 Å². The molecule has 1 N–H and O–H groups in total. The molecule has 0 spiro atoms. The first-order chi connectivity index (χ1) is 20.2. The maximum absolute atomic E-state index is 14.3. The molecule has 4 aromatic rings. The number of aldehydes is 1. The molecule has 11 heteroatoms. The SMILES string of the molecule is CC(=O)c1cn(CC(=O)N(C(C=O)CNCc2cccc(Cl)c2F)C2CC2)c2cc(-c3cnc(N(C)C)nc3)ccc12. The predicted octanol–water partition coefficient (Wildman–Crippen LogP) is 4.51. The van der Waals surface area contributed by atoms with Gasteiger partial charge in [-0.1, -0.05) is 35.9 Å². The number of ketones is 1. The standard InChI is InChI=1S/C31H32ClFN6O3/c1-19(41)26-16-38(28-11-20(7-10-25(26)28)22-13-35-31(36-14-22)37(2)3)17-29(42)39(23-8-9-23)24(18-40)15-34-12-21-5-4-6-27(32)30(21)33/h4-7,10-11,13-14,16,18,23-24,34H,8-9,12,15,17H2,1-3H3. The molecule has 1 unspecified atom stereocenters. The van der Waals surface area contributed by atoms with Crippen LogP contribution in [0.15, 0.2) is 55.0 Å². The molecule has 0 radical (unpaired) electrons. The highest BCUT2D eigenvalue weighted by Gasteiger charge is 2.37. The summed E-state index contributed by atoms with van der Waals surface area (Å²) in [6, 6.07) is 9.67. The van der Waals surface area contributed by atoms with Crippen LogP contribution in [0.5, 0.6) is 0 Å². The van der Waals surface area contributed by atoms with Crippen LogP contribution in [0.1, 0.15) is 35.7 Å². The second-order valence-electron chi connectivity index (χ2n) is 10.7. The number of halogens is 2. The molecule has 42 heavy (non-hydrogen) atoms. The fourth-order valence-electron chi connectivity index (χ4n) is 5.08. The third kappa shape index (κ3) is 6.19. The van der Waals surface area contributed by atoms with E-state index in [9.17, 15) is 18.8 Å². The normalized spacial score (nSPS) is 13.6. The first-order valence-corrected chi connectivity index (χ1v) is 14.1. The van der Waals surface area contributed by atoms with Crippen LogP contribution in [0.3, 0.4) is 0 Å². The number of benzene rings is 2. The Balaban J connectivity index is 1.38. The zero-order chi connectivity index (χ0) is 30.0. The van der Waals surface area contributed by atoms with Crippen LogP contribution < -0.4 is 10.2 Å². The van der Waals surface area contributed by atoms with Crippen molar-refractivity contribution in [1.82, 2.24) is 24.8 Å². The number of rotatable bonds is 12. The number of anilines is 1. The fourth-order valence-corrected chi connectivity index (χ4v) is 5.27. The van der Waals surface area contributed by atoms with Crippen molar-refractivity contribution in [2.45, 2.75) is 44.9 Å². The zero-order valence-corrected chi connectivity index (χ0v) is 24.4. The third-order valence-corrected chi connectivity index (χ3v) is 7.67. The van der Waals surface area contributed by atoms with Crippen LogP contribution >= 0.6 is 11.6 Å². The number of aromatic nitrogens is 3. The number of amides is 1. The molecule has 1 saturated carbocycles. The lowest BCUT2D eigenvalue weighted by molar-refractivity contribution is -0.137. The van der Waals surface area contributed by atoms with E-state index in [2.05, 4.69) is 15.3 Å². The summed E-state index contributed by atoms with van der Waals surface area (Å²) in [5.74, 6) is -0.268. The lowest BCUT2D eigenvalue weighted by Gasteiger charge is -2.29. The van der Waals surface area contributed by atoms with Crippen molar-refractivity contribution in [2.75, 3.05) is 25.5 Å². The predicted molar refractivity (Wildman–Crippen MR) is 160 cm³/mol. The Bertz CT molecular complexity index is 1630. The van der Waals surface area contributed by atoms with Crippen molar-refractivity contribution in [3.8, 4) is 11.1 Å². The van der Waals surface area contributed by atoms with Gasteiger partial charge in [0.25, 0.3) is 0 Å². The second-order valence-corrected chi connectivity index (χ2v) is 11.1. The van der Waals surface area contributed by atoms with Crippen molar-refractivity contribution in [3.05, 3.63) is 77.0 Å². The molecule has 9 nitrogen and oxygen atoms in total. The van der Waals surface area contributed by atoms with Crippen LogP contribution in [0.25, 0.3) is 22.0 Å². The molecule has 1 fully saturated rings.